The zero-order valence-electron chi connectivity index (χ0n) is 11.3. The van der Waals surface area contributed by atoms with Gasteiger partial charge in [0.25, 0.3) is 0 Å². The molecule has 2 heterocycles. The van der Waals surface area contributed by atoms with Crippen LogP contribution in [0.15, 0.2) is 47.3 Å². The molecule has 102 valence electrons. The van der Waals surface area contributed by atoms with Crippen molar-refractivity contribution in [1.82, 2.24) is 14.6 Å². The van der Waals surface area contributed by atoms with Gasteiger partial charge in [0.15, 0.2) is 5.82 Å². The quantitative estimate of drug-likeness (QED) is 0.789. The third-order valence-corrected chi connectivity index (χ3v) is 3.86. The maximum Gasteiger partial charge on any atom is 0.153 e. The number of halogens is 1. The first kappa shape index (κ1) is 13.1. The normalized spacial score (nSPS) is 12.6. The lowest BCUT2D eigenvalue weighted by atomic mass is 10.1. The molecule has 4 nitrogen and oxygen atoms in total. The highest BCUT2D eigenvalue weighted by Crippen LogP contribution is 2.26. The number of nitrogens with zero attached hydrogens (tertiary/aromatic N) is 3. The summed E-state index contributed by atoms with van der Waals surface area (Å²) in [5, 5.41) is 7.72. The number of aromatic nitrogens is 3. The van der Waals surface area contributed by atoms with Crippen molar-refractivity contribution in [2.45, 2.75) is 19.9 Å². The second-order valence-electron chi connectivity index (χ2n) is 4.84. The molecular formula is C15H15BrN4. The molecular weight excluding hydrogens is 316 g/mol. The number of benzene rings is 1. The SMILES string of the molecule is Cc1cccc(C(C)Nc2nccn3ncc(Br)c23)c1. The molecule has 0 bridgehead atoms. The van der Waals surface area contributed by atoms with E-state index in [1.165, 1.54) is 11.1 Å². The van der Waals surface area contributed by atoms with Crippen molar-refractivity contribution in [3.63, 3.8) is 0 Å². The summed E-state index contributed by atoms with van der Waals surface area (Å²) in [4.78, 5) is 4.43. The van der Waals surface area contributed by atoms with Crippen LogP contribution in [0.4, 0.5) is 5.82 Å². The lowest BCUT2D eigenvalue weighted by Crippen LogP contribution is -2.09. The molecule has 0 radical (unpaired) electrons. The highest BCUT2D eigenvalue weighted by molar-refractivity contribution is 9.10. The Bertz CT molecular complexity index is 750. The van der Waals surface area contributed by atoms with Gasteiger partial charge in [-0.1, -0.05) is 29.8 Å². The molecule has 0 aliphatic rings. The van der Waals surface area contributed by atoms with E-state index in [0.29, 0.717) is 0 Å². The van der Waals surface area contributed by atoms with E-state index in [9.17, 15) is 0 Å². The second-order valence-corrected chi connectivity index (χ2v) is 5.70. The predicted molar refractivity (Wildman–Crippen MR) is 83.9 cm³/mol. The van der Waals surface area contributed by atoms with Crippen molar-refractivity contribution in [2.75, 3.05) is 5.32 Å². The Morgan fingerprint density at radius 3 is 3.00 bits per heavy atom. The van der Waals surface area contributed by atoms with Gasteiger partial charge in [0.1, 0.15) is 5.52 Å². The molecule has 1 unspecified atom stereocenters. The van der Waals surface area contributed by atoms with Gasteiger partial charge in [0, 0.05) is 12.4 Å². The first-order valence-electron chi connectivity index (χ1n) is 6.46. The summed E-state index contributed by atoms with van der Waals surface area (Å²) in [6, 6.07) is 8.66. The van der Waals surface area contributed by atoms with Crippen LogP contribution in [0.3, 0.4) is 0 Å². The number of fused-ring (bicyclic) bond motifs is 1. The Hall–Kier alpha value is -1.88. The van der Waals surface area contributed by atoms with E-state index in [1.807, 2.05) is 10.7 Å². The zero-order chi connectivity index (χ0) is 14.1. The van der Waals surface area contributed by atoms with Crippen LogP contribution in [0, 0.1) is 6.92 Å². The van der Waals surface area contributed by atoms with Crippen molar-refractivity contribution >= 4 is 27.3 Å². The van der Waals surface area contributed by atoms with E-state index in [0.717, 1.165) is 15.8 Å². The molecule has 1 N–H and O–H groups in total. The Kier molecular flexibility index (Phi) is 3.44. The van der Waals surface area contributed by atoms with E-state index in [1.54, 1.807) is 12.4 Å². The van der Waals surface area contributed by atoms with Crippen molar-refractivity contribution in [1.29, 1.82) is 0 Å². The van der Waals surface area contributed by atoms with Gasteiger partial charge in [-0.3, -0.25) is 0 Å². The molecule has 3 rings (SSSR count). The highest BCUT2D eigenvalue weighted by Gasteiger charge is 2.12. The summed E-state index contributed by atoms with van der Waals surface area (Å²) in [5.74, 6) is 0.825. The van der Waals surface area contributed by atoms with Crippen molar-refractivity contribution in [3.05, 3.63) is 58.5 Å². The molecule has 3 aromatic rings. The van der Waals surface area contributed by atoms with E-state index < -0.39 is 0 Å². The molecule has 20 heavy (non-hydrogen) atoms. The van der Waals surface area contributed by atoms with Crippen LogP contribution >= 0.6 is 15.9 Å². The fourth-order valence-electron chi connectivity index (χ4n) is 2.24. The number of aryl methyl sites for hydroxylation is 1. The van der Waals surface area contributed by atoms with Crippen LogP contribution in [0.2, 0.25) is 0 Å². The van der Waals surface area contributed by atoms with Crippen molar-refractivity contribution < 1.29 is 0 Å². The maximum absolute atomic E-state index is 4.43. The molecule has 1 aromatic carbocycles. The molecule has 0 spiro atoms. The van der Waals surface area contributed by atoms with Crippen LogP contribution in [-0.4, -0.2) is 14.6 Å². The third kappa shape index (κ3) is 2.41. The van der Waals surface area contributed by atoms with Crippen LogP contribution in [0.1, 0.15) is 24.1 Å². The Morgan fingerprint density at radius 2 is 2.20 bits per heavy atom. The van der Waals surface area contributed by atoms with E-state index in [2.05, 4.69) is 69.4 Å². The number of nitrogens with one attached hydrogen (secondary N) is 1. The Morgan fingerprint density at radius 1 is 1.35 bits per heavy atom. The largest absolute Gasteiger partial charge is 0.362 e. The molecule has 0 fully saturated rings. The van der Waals surface area contributed by atoms with Gasteiger partial charge in [-0.2, -0.15) is 5.10 Å². The summed E-state index contributed by atoms with van der Waals surface area (Å²) in [5.41, 5.74) is 3.45. The summed E-state index contributed by atoms with van der Waals surface area (Å²) in [6.45, 7) is 4.23. The van der Waals surface area contributed by atoms with E-state index in [-0.39, 0.29) is 6.04 Å². The van der Waals surface area contributed by atoms with Crippen LogP contribution in [0.5, 0.6) is 0 Å². The van der Waals surface area contributed by atoms with Crippen LogP contribution in [-0.2, 0) is 0 Å². The number of rotatable bonds is 3. The van der Waals surface area contributed by atoms with Crippen LogP contribution < -0.4 is 5.32 Å². The van der Waals surface area contributed by atoms with Gasteiger partial charge in [-0.25, -0.2) is 9.50 Å². The molecule has 0 amide bonds. The lowest BCUT2D eigenvalue weighted by Gasteiger charge is -2.16. The van der Waals surface area contributed by atoms with E-state index in [4.69, 9.17) is 0 Å². The Labute approximate surface area is 126 Å². The average molecular weight is 331 g/mol. The monoisotopic (exact) mass is 330 g/mol. The van der Waals surface area contributed by atoms with Gasteiger partial charge < -0.3 is 5.32 Å². The molecule has 0 saturated heterocycles. The van der Waals surface area contributed by atoms with Crippen molar-refractivity contribution in [3.8, 4) is 0 Å². The molecule has 0 saturated carbocycles. The smallest absolute Gasteiger partial charge is 0.153 e. The minimum absolute atomic E-state index is 0.176. The van der Waals surface area contributed by atoms with Gasteiger partial charge in [-0.05, 0) is 35.3 Å². The second kappa shape index (κ2) is 5.25. The standard InChI is InChI=1S/C15H15BrN4/c1-10-4-3-5-12(8-10)11(2)19-15-14-13(16)9-18-20(14)7-6-17-15/h3-9,11H,1-2H3,(H,17,19). The minimum atomic E-state index is 0.176. The summed E-state index contributed by atoms with van der Waals surface area (Å²) < 4.78 is 2.74. The summed E-state index contributed by atoms with van der Waals surface area (Å²) in [6.07, 6.45) is 5.36. The van der Waals surface area contributed by atoms with Crippen LogP contribution in [0.25, 0.3) is 5.52 Å². The van der Waals surface area contributed by atoms with Gasteiger partial charge in [0.05, 0.1) is 16.7 Å². The number of hydrogen-bond donors (Lipinski definition) is 1. The molecule has 5 heteroatoms. The lowest BCUT2D eigenvalue weighted by molar-refractivity contribution is 0.865. The third-order valence-electron chi connectivity index (χ3n) is 3.28. The van der Waals surface area contributed by atoms with E-state index >= 15 is 0 Å². The van der Waals surface area contributed by atoms with Gasteiger partial charge in [-0.15, -0.1) is 0 Å². The number of anilines is 1. The van der Waals surface area contributed by atoms with Crippen molar-refractivity contribution in [2.24, 2.45) is 0 Å². The first-order chi connectivity index (χ1) is 9.65. The fraction of sp³-hybridized carbons (Fsp3) is 0.200. The molecule has 1 atom stereocenters. The van der Waals surface area contributed by atoms with Gasteiger partial charge in [0.2, 0.25) is 0 Å². The zero-order valence-corrected chi connectivity index (χ0v) is 12.9. The topological polar surface area (TPSA) is 42.2 Å². The average Bonchev–Trinajstić information content (AvgIpc) is 2.82. The fourth-order valence-corrected chi connectivity index (χ4v) is 2.70. The Balaban J connectivity index is 1.95. The van der Waals surface area contributed by atoms with Gasteiger partial charge >= 0.3 is 0 Å². The minimum Gasteiger partial charge on any atom is -0.362 e. The number of hydrogen-bond acceptors (Lipinski definition) is 3. The summed E-state index contributed by atoms with van der Waals surface area (Å²) >= 11 is 3.51. The predicted octanol–water partition coefficient (Wildman–Crippen LogP) is 3.97. The molecule has 0 aliphatic heterocycles. The highest BCUT2D eigenvalue weighted by atomic mass is 79.9. The molecule has 0 aliphatic carbocycles. The maximum atomic E-state index is 4.43. The summed E-state index contributed by atoms with van der Waals surface area (Å²) in [7, 11) is 0. The first-order valence-corrected chi connectivity index (χ1v) is 7.25. The molecule has 2 aromatic heterocycles.